The van der Waals surface area contributed by atoms with Crippen LogP contribution < -0.4 is 10.6 Å². The molecule has 6 nitrogen and oxygen atoms in total. The van der Waals surface area contributed by atoms with Crippen LogP contribution in [-0.2, 0) is 6.61 Å². The Morgan fingerprint density at radius 3 is 2.67 bits per heavy atom. The Bertz CT molecular complexity index is 413. The van der Waals surface area contributed by atoms with Gasteiger partial charge in [-0.05, 0) is 34.2 Å². The fraction of sp³-hybridized carbons (Fsp3) is 0.667. The van der Waals surface area contributed by atoms with Crippen molar-refractivity contribution in [3.05, 3.63) is 17.0 Å². The highest BCUT2D eigenvalue weighted by Crippen LogP contribution is 2.12. The summed E-state index contributed by atoms with van der Waals surface area (Å²) in [5.41, 5.74) is 0.798. The van der Waals surface area contributed by atoms with E-state index < -0.39 is 0 Å². The molecular weight excluding hydrogens is 234 g/mol. The van der Waals surface area contributed by atoms with Gasteiger partial charge in [0.25, 0.3) is 5.91 Å². The number of hydrogen-bond donors (Lipinski definition) is 3. The van der Waals surface area contributed by atoms with E-state index in [2.05, 4.69) is 29.6 Å². The monoisotopic (exact) mass is 255 g/mol. The number of hydrogen-bond acceptors (Lipinski definition) is 5. The van der Waals surface area contributed by atoms with Gasteiger partial charge in [0, 0.05) is 17.6 Å². The van der Waals surface area contributed by atoms with Crippen LogP contribution in [0.15, 0.2) is 4.52 Å². The zero-order valence-corrected chi connectivity index (χ0v) is 11.3. The first-order valence-corrected chi connectivity index (χ1v) is 5.94. The van der Waals surface area contributed by atoms with Crippen molar-refractivity contribution < 1.29 is 14.4 Å². The summed E-state index contributed by atoms with van der Waals surface area (Å²) in [7, 11) is 1.89. The van der Waals surface area contributed by atoms with Crippen molar-refractivity contribution in [3.63, 3.8) is 0 Å². The molecule has 0 saturated heterocycles. The maximum atomic E-state index is 11.8. The van der Waals surface area contributed by atoms with Crippen molar-refractivity contribution in [3.8, 4) is 0 Å². The number of aliphatic hydroxyl groups is 1. The minimum Gasteiger partial charge on any atom is -0.388 e. The van der Waals surface area contributed by atoms with Crippen LogP contribution in [0.1, 0.15) is 42.1 Å². The summed E-state index contributed by atoms with van der Waals surface area (Å²) < 4.78 is 4.86. The second-order valence-electron chi connectivity index (χ2n) is 4.88. The first-order chi connectivity index (χ1) is 8.41. The van der Waals surface area contributed by atoms with Crippen molar-refractivity contribution in [2.24, 2.45) is 0 Å². The molecule has 0 spiro atoms. The van der Waals surface area contributed by atoms with Crippen molar-refractivity contribution in [2.45, 2.75) is 39.3 Å². The van der Waals surface area contributed by atoms with Gasteiger partial charge in [-0.15, -0.1) is 0 Å². The summed E-state index contributed by atoms with van der Waals surface area (Å²) in [6.07, 6.45) is 0.805. The molecule has 1 heterocycles. The maximum absolute atomic E-state index is 11.8. The number of carbonyl (C=O) groups excluding carboxylic acids is 1. The van der Waals surface area contributed by atoms with Crippen molar-refractivity contribution in [2.75, 3.05) is 13.6 Å². The average Bonchev–Trinajstić information content (AvgIpc) is 2.70. The Morgan fingerprint density at radius 2 is 2.17 bits per heavy atom. The number of nitrogens with one attached hydrogen (secondary N) is 2. The van der Waals surface area contributed by atoms with Crippen molar-refractivity contribution >= 4 is 5.91 Å². The quantitative estimate of drug-likeness (QED) is 0.692. The van der Waals surface area contributed by atoms with Gasteiger partial charge in [-0.1, -0.05) is 5.16 Å². The van der Waals surface area contributed by atoms with Gasteiger partial charge in [-0.3, -0.25) is 4.79 Å². The van der Waals surface area contributed by atoms with Crippen LogP contribution in [0.25, 0.3) is 0 Å². The van der Waals surface area contributed by atoms with Crippen molar-refractivity contribution in [1.82, 2.24) is 15.8 Å². The van der Waals surface area contributed by atoms with Gasteiger partial charge < -0.3 is 20.3 Å². The minimum atomic E-state index is -0.275. The number of amides is 1. The molecule has 1 aromatic heterocycles. The molecule has 0 saturated carbocycles. The molecule has 0 bridgehead atoms. The predicted molar refractivity (Wildman–Crippen MR) is 67.3 cm³/mol. The van der Waals surface area contributed by atoms with Gasteiger partial charge in [-0.25, -0.2) is 0 Å². The Balaban J connectivity index is 2.53. The van der Waals surface area contributed by atoms with E-state index in [1.807, 2.05) is 7.05 Å². The molecule has 0 aliphatic carbocycles. The number of aliphatic hydroxyl groups excluding tert-OH is 1. The highest BCUT2D eigenvalue weighted by atomic mass is 16.5. The van der Waals surface area contributed by atoms with E-state index in [9.17, 15) is 4.79 Å². The third-order valence-electron chi connectivity index (χ3n) is 3.09. The molecule has 0 aliphatic heterocycles. The van der Waals surface area contributed by atoms with Crippen molar-refractivity contribution in [1.29, 1.82) is 0 Å². The summed E-state index contributed by atoms with van der Waals surface area (Å²) >= 11 is 0. The van der Waals surface area contributed by atoms with E-state index in [0.29, 0.717) is 17.9 Å². The second kappa shape index (κ2) is 5.97. The molecule has 0 atom stereocenters. The molecule has 0 radical (unpaired) electrons. The van der Waals surface area contributed by atoms with Gasteiger partial charge in [0.1, 0.15) is 6.61 Å². The lowest BCUT2D eigenvalue weighted by Crippen LogP contribution is -2.40. The normalized spacial score (nSPS) is 11.6. The molecule has 0 unspecified atom stereocenters. The largest absolute Gasteiger partial charge is 0.388 e. The Labute approximate surface area is 107 Å². The molecule has 1 aromatic rings. The van der Waals surface area contributed by atoms with E-state index in [1.165, 1.54) is 0 Å². The summed E-state index contributed by atoms with van der Waals surface area (Å²) in [6, 6.07) is 0. The summed E-state index contributed by atoms with van der Waals surface area (Å²) in [6.45, 7) is 6.12. The molecular formula is C12H21N3O3. The number of nitrogens with zero attached hydrogens (tertiary/aromatic N) is 1. The Kier molecular flexibility index (Phi) is 4.86. The lowest BCUT2D eigenvalue weighted by molar-refractivity contribution is 0.0940. The molecule has 0 aromatic carbocycles. The van der Waals surface area contributed by atoms with Crippen LogP contribution in [0, 0.1) is 6.92 Å². The van der Waals surface area contributed by atoms with Crippen LogP contribution in [-0.4, -0.2) is 35.3 Å². The predicted octanol–water partition coefficient (Wildman–Crippen LogP) is 0.593. The Morgan fingerprint density at radius 1 is 1.50 bits per heavy atom. The molecule has 3 N–H and O–H groups in total. The van der Waals surface area contributed by atoms with E-state index in [-0.39, 0.29) is 23.7 Å². The summed E-state index contributed by atoms with van der Waals surface area (Å²) in [5, 5.41) is 18.6. The average molecular weight is 255 g/mol. The van der Waals surface area contributed by atoms with E-state index in [4.69, 9.17) is 9.63 Å². The minimum absolute atomic E-state index is 0.0254. The number of rotatable bonds is 6. The van der Waals surface area contributed by atoms with E-state index in [1.54, 1.807) is 6.92 Å². The standard InChI is InChI=1S/C12H21N3O3/c1-8-9(7-16)18-15-10(8)11(17)14-6-5-12(2,3)13-4/h13,16H,5-7H2,1-4H3,(H,14,17). The molecule has 18 heavy (non-hydrogen) atoms. The number of carbonyl (C=O) groups is 1. The van der Waals surface area contributed by atoms with Gasteiger partial charge in [0.05, 0.1) is 0 Å². The van der Waals surface area contributed by atoms with Crippen LogP contribution in [0.4, 0.5) is 0 Å². The molecule has 0 fully saturated rings. The fourth-order valence-corrected chi connectivity index (χ4v) is 1.43. The van der Waals surface area contributed by atoms with Crippen LogP contribution >= 0.6 is 0 Å². The van der Waals surface area contributed by atoms with Gasteiger partial charge in [0.2, 0.25) is 0 Å². The number of aromatic nitrogens is 1. The second-order valence-corrected chi connectivity index (χ2v) is 4.88. The molecule has 6 heteroatoms. The van der Waals surface area contributed by atoms with E-state index in [0.717, 1.165) is 6.42 Å². The van der Waals surface area contributed by atoms with Gasteiger partial charge in [0.15, 0.2) is 11.5 Å². The molecule has 1 rings (SSSR count). The fourth-order valence-electron chi connectivity index (χ4n) is 1.43. The van der Waals surface area contributed by atoms with Gasteiger partial charge >= 0.3 is 0 Å². The SMILES string of the molecule is CNC(C)(C)CCNC(=O)c1noc(CO)c1C. The zero-order chi connectivity index (χ0) is 13.8. The first-order valence-electron chi connectivity index (χ1n) is 5.94. The maximum Gasteiger partial charge on any atom is 0.273 e. The summed E-state index contributed by atoms with van der Waals surface area (Å²) in [5.74, 6) is 0.0542. The summed E-state index contributed by atoms with van der Waals surface area (Å²) in [4.78, 5) is 11.8. The van der Waals surface area contributed by atoms with Crippen LogP contribution in [0.3, 0.4) is 0 Å². The lowest BCUT2D eigenvalue weighted by atomic mass is 10.0. The third kappa shape index (κ3) is 3.54. The van der Waals surface area contributed by atoms with E-state index >= 15 is 0 Å². The van der Waals surface area contributed by atoms with Crippen LogP contribution in [0.5, 0.6) is 0 Å². The molecule has 1 amide bonds. The highest BCUT2D eigenvalue weighted by Gasteiger charge is 2.19. The smallest absolute Gasteiger partial charge is 0.273 e. The lowest BCUT2D eigenvalue weighted by Gasteiger charge is -2.23. The topological polar surface area (TPSA) is 87.4 Å². The molecule has 102 valence electrons. The molecule has 0 aliphatic rings. The van der Waals surface area contributed by atoms with Crippen LogP contribution in [0.2, 0.25) is 0 Å². The third-order valence-corrected chi connectivity index (χ3v) is 3.09. The first kappa shape index (κ1) is 14.7. The Hall–Kier alpha value is -1.40. The zero-order valence-electron chi connectivity index (χ0n) is 11.3. The van der Waals surface area contributed by atoms with Gasteiger partial charge in [-0.2, -0.15) is 0 Å². The highest BCUT2D eigenvalue weighted by molar-refractivity contribution is 5.93.